The van der Waals surface area contributed by atoms with E-state index in [-0.39, 0.29) is 35.6 Å². The maximum absolute atomic E-state index is 2.56. The first-order valence-corrected chi connectivity index (χ1v) is 17.4. The van der Waals surface area contributed by atoms with Crippen LogP contribution in [0, 0.1) is 0 Å². The van der Waals surface area contributed by atoms with Crippen molar-refractivity contribution < 1.29 is 46.1 Å². The molecule has 0 nitrogen and oxygen atoms in total. The fourth-order valence-corrected chi connectivity index (χ4v) is 15.7. The molecule has 3 heteroatoms. The average Bonchev–Trinajstić information content (AvgIpc) is 3.32. The Morgan fingerprint density at radius 3 is 1.61 bits per heavy atom. The first kappa shape index (κ1) is 29.8. The molecule has 0 saturated heterocycles. The maximum Gasteiger partial charge on any atom is -1.00 e. The summed E-state index contributed by atoms with van der Waals surface area (Å²) in [5.41, 5.74) is 9.64. The third-order valence-electron chi connectivity index (χ3n) is 8.24. The van der Waals surface area contributed by atoms with Gasteiger partial charge in [0.2, 0.25) is 0 Å². The number of rotatable bonds is 2. The summed E-state index contributed by atoms with van der Waals surface area (Å²) in [7, 11) is 0. The molecule has 0 atom stereocenters. The van der Waals surface area contributed by atoms with Crippen LogP contribution in [0.2, 0.25) is 0 Å². The van der Waals surface area contributed by atoms with Crippen LogP contribution in [-0.2, 0) is 32.1 Å². The molecular formula is C33H42Cl2Zr. The van der Waals surface area contributed by atoms with Gasteiger partial charge in [-0.05, 0) is 0 Å². The minimum Gasteiger partial charge on any atom is -1.00 e. The molecule has 2 aromatic carbocycles. The first-order valence-electron chi connectivity index (χ1n) is 13.5. The summed E-state index contributed by atoms with van der Waals surface area (Å²) >= 11 is -2.10. The van der Waals surface area contributed by atoms with Crippen molar-refractivity contribution in [3.63, 3.8) is 0 Å². The second-order valence-electron chi connectivity index (χ2n) is 12.8. The van der Waals surface area contributed by atoms with Gasteiger partial charge in [-0.1, -0.05) is 0 Å². The molecule has 36 heavy (non-hydrogen) atoms. The summed E-state index contributed by atoms with van der Waals surface area (Å²) in [6.07, 6.45) is 17.0. The number of hydrogen-bond donors (Lipinski definition) is 0. The van der Waals surface area contributed by atoms with Gasteiger partial charge in [0.15, 0.2) is 0 Å². The van der Waals surface area contributed by atoms with Gasteiger partial charge in [0.25, 0.3) is 0 Å². The van der Waals surface area contributed by atoms with E-state index in [0.717, 1.165) is 0 Å². The van der Waals surface area contributed by atoms with Gasteiger partial charge < -0.3 is 24.8 Å². The van der Waals surface area contributed by atoms with Crippen LogP contribution in [0.3, 0.4) is 0 Å². The topological polar surface area (TPSA) is 0 Å². The summed E-state index contributed by atoms with van der Waals surface area (Å²) in [5, 5.41) is 0. The van der Waals surface area contributed by atoms with Crippen molar-refractivity contribution in [2.24, 2.45) is 0 Å². The van der Waals surface area contributed by atoms with Gasteiger partial charge in [0.05, 0.1) is 0 Å². The predicted molar refractivity (Wildman–Crippen MR) is 146 cm³/mol. The minimum atomic E-state index is -2.10. The fraction of sp³-hybridized carbons (Fsp3) is 0.485. The molecule has 0 amide bonds. The smallest absolute Gasteiger partial charge is 1.00 e. The standard InChI is InChI=1S/C21H25.C7H12.C5H5.2ClH.Zr/c1-20(2,3)16-9-7-14-11-15-8-10-17(21(4,5)6)13-19(15)18(14)12-16;1-2-4-6-7-5-3-1;1-2-4-5-3-1;;;/h7-13H,1-6H3;1-6H2;1-3H,4H2;2*1H;/q;;;;;+2/p-2. The van der Waals surface area contributed by atoms with E-state index in [2.05, 4.69) is 96.2 Å². The summed E-state index contributed by atoms with van der Waals surface area (Å²) in [6, 6.07) is 15.1. The number of halogens is 2. The van der Waals surface area contributed by atoms with E-state index in [1.807, 2.05) is 6.49 Å². The number of hydrogen-bond acceptors (Lipinski definition) is 0. The van der Waals surface area contributed by atoms with Gasteiger partial charge in [-0.25, -0.2) is 0 Å². The molecule has 5 rings (SSSR count). The second kappa shape index (κ2) is 11.6. The van der Waals surface area contributed by atoms with Crippen LogP contribution in [0.4, 0.5) is 0 Å². The van der Waals surface area contributed by atoms with Crippen molar-refractivity contribution in [3.8, 4) is 11.1 Å². The Morgan fingerprint density at radius 1 is 0.694 bits per heavy atom. The summed E-state index contributed by atoms with van der Waals surface area (Å²) in [4.78, 5) is 0. The van der Waals surface area contributed by atoms with Gasteiger partial charge in [-0.2, -0.15) is 0 Å². The Morgan fingerprint density at radius 2 is 1.19 bits per heavy atom. The van der Waals surface area contributed by atoms with Crippen molar-refractivity contribution in [2.45, 2.75) is 101 Å². The molecule has 0 unspecified atom stereocenters. The zero-order chi connectivity index (χ0) is 24.1. The zero-order valence-corrected chi connectivity index (χ0v) is 26.9. The SMILES string of the molecule is CC(C)(C)c1ccc2c(c1)-c1cc(C(C)(C)C)ccc1[CH]2[Zr+2]([C]1=CC=CC1)=[C]1CCCCCC1.[Cl-].[Cl-]. The van der Waals surface area contributed by atoms with Crippen molar-refractivity contribution in [1.29, 1.82) is 0 Å². The van der Waals surface area contributed by atoms with Gasteiger partial charge in [-0.15, -0.1) is 0 Å². The summed E-state index contributed by atoms with van der Waals surface area (Å²) < 4.78 is 4.50. The number of allylic oxidation sites excluding steroid dienone is 4. The van der Waals surface area contributed by atoms with Crippen LogP contribution in [0.25, 0.3) is 11.1 Å². The van der Waals surface area contributed by atoms with Crippen molar-refractivity contribution in [2.75, 3.05) is 0 Å². The predicted octanol–water partition coefficient (Wildman–Crippen LogP) is 3.35. The Kier molecular flexibility index (Phi) is 9.57. The quantitative estimate of drug-likeness (QED) is 0.464. The van der Waals surface area contributed by atoms with E-state index in [1.165, 1.54) is 67.2 Å². The zero-order valence-electron chi connectivity index (χ0n) is 23.0. The third-order valence-corrected chi connectivity index (χ3v) is 16.9. The minimum absolute atomic E-state index is 0. The van der Waals surface area contributed by atoms with E-state index >= 15 is 0 Å². The van der Waals surface area contributed by atoms with Crippen LogP contribution in [0.15, 0.2) is 57.9 Å². The second-order valence-corrected chi connectivity index (χ2v) is 19.6. The van der Waals surface area contributed by atoms with E-state index in [0.29, 0.717) is 3.63 Å². The molecule has 0 aliphatic heterocycles. The molecule has 0 spiro atoms. The maximum atomic E-state index is 2.56. The van der Waals surface area contributed by atoms with E-state index < -0.39 is 21.3 Å². The summed E-state index contributed by atoms with van der Waals surface area (Å²) in [5.74, 6) is 0. The molecule has 0 radical (unpaired) electrons. The van der Waals surface area contributed by atoms with Gasteiger partial charge in [-0.3, -0.25) is 0 Å². The third kappa shape index (κ3) is 5.80. The fourth-order valence-electron chi connectivity index (χ4n) is 6.18. The molecule has 0 aromatic heterocycles. The Balaban J connectivity index is 0.00000180. The van der Waals surface area contributed by atoms with Gasteiger partial charge >= 0.3 is 217 Å². The van der Waals surface area contributed by atoms with Gasteiger partial charge in [0, 0.05) is 0 Å². The first-order chi connectivity index (χ1) is 16.1. The normalized spacial score (nSPS) is 17.2. The number of benzene rings is 2. The van der Waals surface area contributed by atoms with Crippen LogP contribution in [-0.4, -0.2) is 3.21 Å². The molecule has 1 saturated carbocycles. The van der Waals surface area contributed by atoms with E-state index in [1.54, 1.807) is 11.1 Å². The summed E-state index contributed by atoms with van der Waals surface area (Å²) in [6.45, 7) is 14.1. The molecule has 2 aromatic rings. The molecule has 0 heterocycles. The van der Waals surface area contributed by atoms with Crippen LogP contribution < -0.4 is 24.8 Å². The van der Waals surface area contributed by atoms with E-state index in [4.69, 9.17) is 0 Å². The number of fused-ring (bicyclic) bond motifs is 3. The monoisotopic (exact) mass is 598 g/mol. The van der Waals surface area contributed by atoms with E-state index in [9.17, 15) is 0 Å². The Hall–Kier alpha value is -0.747. The average molecular weight is 601 g/mol. The van der Waals surface area contributed by atoms with Crippen molar-refractivity contribution in [3.05, 3.63) is 80.2 Å². The van der Waals surface area contributed by atoms with Crippen molar-refractivity contribution >= 4 is 3.21 Å². The molecular weight excluding hydrogens is 558 g/mol. The Bertz CT molecular complexity index is 1130. The van der Waals surface area contributed by atoms with Crippen LogP contribution >= 0.6 is 0 Å². The van der Waals surface area contributed by atoms with Crippen LogP contribution in [0.1, 0.15) is 112 Å². The molecule has 1 fully saturated rings. The van der Waals surface area contributed by atoms with Gasteiger partial charge in [0.1, 0.15) is 0 Å². The van der Waals surface area contributed by atoms with Crippen molar-refractivity contribution in [1.82, 2.24) is 0 Å². The molecule has 3 aliphatic carbocycles. The largest absolute Gasteiger partial charge is 1.00 e. The molecule has 3 aliphatic rings. The van der Waals surface area contributed by atoms with Crippen LogP contribution in [0.5, 0.6) is 0 Å². The molecule has 192 valence electrons. The molecule has 0 N–H and O–H groups in total. The molecule has 0 bridgehead atoms. The Labute approximate surface area is 240 Å².